The molecule has 1 aromatic heterocycles. The molecule has 1 unspecified atom stereocenters. The van der Waals surface area contributed by atoms with Crippen molar-refractivity contribution in [2.45, 2.75) is 32.4 Å². The van der Waals surface area contributed by atoms with E-state index in [9.17, 15) is 4.79 Å². The van der Waals surface area contributed by atoms with Crippen molar-refractivity contribution in [1.29, 1.82) is 0 Å². The maximum atomic E-state index is 12.0. The van der Waals surface area contributed by atoms with Gasteiger partial charge in [-0.15, -0.1) is 11.3 Å². The third-order valence-electron chi connectivity index (χ3n) is 3.78. The first-order chi connectivity index (χ1) is 9.49. The monoisotopic (exact) mass is 296 g/mol. The number of hydrogen-bond acceptors (Lipinski definition) is 5. The molecule has 112 valence electrons. The molecule has 1 saturated heterocycles. The molecule has 2 heterocycles. The highest BCUT2D eigenvalue weighted by molar-refractivity contribution is 7.15. The maximum Gasteiger partial charge on any atom is 0.239 e. The maximum absolute atomic E-state index is 12.0. The van der Waals surface area contributed by atoms with Gasteiger partial charge in [0.1, 0.15) is 0 Å². The Balaban J connectivity index is 1.94. The van der Waals surface area contributed by atoms with Gasteiger partial charge >= 0.3 is 0 Å². The van der Waals surface area contributed by atoms with Gasteiger partial charge in [-0.2, -0.15) is 0 Å². The molecule has 0 bridgehead atoms. The normalized spacial score (nSPS) is 16.8. The lowest BCUT2D eigenvalue weighted by Gasteiger charge is -2.25. The molecule has 1 aliphatic heterocycles. The fourth-order valence-electron chi connectivity index (χ4n) is 2.37. The van der Waals surface area contributed by atoms with Crippen LogP contribution in [-0.2, 0) is 11.3 Å². The van der Waals surface area contributed by atoms with Crippen LogP contribution in [0.4, 0.5) is 5.13 Å². The van der Waals surface area contributed by atoms with Crippen LogP contribution in [0.5, 0.6) is 0 Å². The molecule has 0 aliphatic carbocycles. The summed E-state index contributed by atoms with van der Waals surface area (Å²) in [7, 11) is 5.58. The van der Waals surface area contributed by atoms with Crippen molar-refractivity contribution >= 4 is 22.4 Å². The van der Waals surface area contributed by atoms with E-state index in [-0.39, 0.29) is 11.9 Å². The van der Waals surface area contributed by atoms with E-state index in [4.69, 9.17) is 0 Å². The number of nitrogens with zero attached hydrogens (tertiary/aromatic N) is 4. The average molecular weight is 296 g/mol. The highest BCUT2D eigenvalue weighted by Gasteiger charge is 2.21. The lowest BCUT2D eigenvalue weighted by atomic mass is 10.2. The summed E-state index contributed by atoms with van der Waals surface area (Å²) in [6.45, 7) is 4.97. The molecule has 0 radical (unpaired) electrons. The second kappa shape index (κ2) is 6.54. The SMILES string of the molecule is CC(C(=O)N(C)C)N(C)Cc1cnc(N2CCCC2)s1. The number of carbonyl (C=O) groups excluding carboxylic acids is 1. The Morgan fingerprint density at radius 2 is 2.05 bits per heavy atom. The zero-order valence-corrected chi connectivity index (χ0v) is 13.6. The zero-order valence-electron chi connectivity index (χ0n) is 12.8. The van der Waals surface area contributed by atoms with Crippen LogP contribution >= 0.6 is 11.3 Å². The van der Waals surface area contributed by atoms with E-state index in [0.717, 1.165) is 24.8 Å². The third kappa shape index (κ3) is 3.49. The van der Waals surface area contributed by atoms with Gasteiger partial charge < -0.3 is 9.80 Å². The standard InChI is InChI=1S/C14H24N4OS/c1-11(13(19)16(2)3)17(4)10-12-9-15-14(20-12)18-7-5-6-8-18/h9,11H,5-8,10H2,1-4H3. The Labute approximate surface area is 125 Å². The van der Waals surface area contributed by atoms with Gasteiger partial charge in [-0.05, 0) is 26.8 Å². The molecule has 5 nitrogen and oxygen atoms in total. The molecule has 6 heteroatoms. The van der Waals surface area contributed by atoms with Crippen molar-refractivity contribution in [3.05, 3.63) is 11.1 Å². The minimum Gasteiger partial charge on any atom is -0.348 e. The van der Waals surface area contributed by atoms with Gasteiger partial charge in [-0.1, -0.05) is 0 Å². The number of hydrogen-bond donors (Lipinski definition) is 0. The Morgan fingerprint density at radius 1 is 1.40 bits per heavy atom. The van der Waals surface area contributed by atoms with Gasteiger partial charge in [0.15, 0.2) is 5.13 Å². The molecular formula is C14H24N4OS. The third-order valence-corrected chi connectivity index (χ3v) is 4.83. The van der Waals surface area contributed by atoms with E-state index in [1.807, 2.05) is 20.2 Å². The average Bonchev–Trinajstić information content (AvgIpc) is 3.06. The summed E-state index contributed by atoms with van der Waals surface area (Å²) in [5.41, 5.74) is 0. The highest BCUT2D eigenvalue weighted by Crippen LogP contribution is 2.26. The Kier molecular flexibility index (Phi) is 4.99. The molecule has 1 aliphatic rings. The Bertz CT molecular complexity index is 454. The number of thiazole rings is 1. The van der Waals surface area contributed by atoms with Crippen LogP contribution in [0.3, 0.4) is 0 Å². The van der Waals surface area contributed by atoms with E-state index in [2.05, 4.69) is 14.8 Å². The van der Waals surface area contributed by atoms with Crippen LogP contribution in [0, 0.1) is 0 Å². The van der Waals surface area contributed by atoms with Crippen molar-refractivity contribution in [1.82, 2.24) is 14.8 Å². The van der Waals surface area contributed by atoms with Crippen molar-refractivity contribution in [2.75, 3.05) is 39.1 Å². The molecular weight excluding hydrogens is 272 g/mol. The van der Waals surface area contributed by atoms with Gasteiger partial charge in [0, 0.05) is 44.8 Å². The highest BCUT2D eigenvalue weighted by atomic mass is 32.1. The first kappa shape index (κ1) is 15.3. The summed E-state index contributed by atoms with van der Waals surface area (Å²) in [5.74, 6) is 0.136. The Morgan fingerprint density at radius 3 is 2.65 bits per heavy atom. The topological polar surface area (TPSA) is 39.7 Å². The fourth-order valence-corrected chi connectivity index (χ4v) is 3.40. The van der Waals surface area contributed by atoms with E-state index >= 15 is 0 Å². The second-order valence-electron chi connectivity index (χ2n) is 5.63. The van der Waals surface area contributed by atoms with Crippen LogP contribution in [0.1, 0.15) is 24.6 Å². The van der Waals surface area contributed by atoms with E-state index in [1.165, 1.54) is 17.7 Å². The number of likely N-dealkylation sites (N-methyl/N-ethyl adjacent to an activating group) is 2. The molecule has 1 fully saturated rings. The summed E-state index contributed by atoms with van der Waals surface area (Å²) in [5, 5.41) is 1.12. The van der Waals surface area contributed by atoms with Crippen LogP contribution in [0.15, 0.2) is 6.20 Å². The predicted molar refractivity (Wildman–Crippen MR) is 83.2 cm³/mol. The minimum absolute atomic E-state index is 0.109. The van der Waals surface area contributed by atoms with Gasteiger partial charge in [-0.25, -0.2) is 4.98 Å². The number of anilines is 1. The molecule has 0 aromatic carbocycles. The molecule has 2 rings (SSSR count). The van der Waals surface area contributed by atoms with Gasteiger partial charge in [0.05, 0.1) is 6.04 Å². The minimum atomic E-state index is -0.109. The van der Waals surface area contributed by atoms with Crippen LogP contribution in [-0.4, -0.2) is 61.0 Å². The molecule has 0 spiro atoms. The smallest absolute Gasteiger partial charge is 0.239 e. The summed E-state index contributed by atoms with van der Waals surface area (Å²) in [6, 6.07) is -0.109. The second-order valence-corrected chi connectivity index (χ2v) is 6.72. The summed E-state index contributed by atoms with van der Waals surface area (Å²) < 4.78 is 0. The molecule has 1 amide bonds. The number of amides is 1. The Hall–Kier alpha value is -1.14. The van der Waals surface area contributed by atoms with Crippen molar-refractivity contribution in [3.8, 4) is 0 Å². The summed E-state index contributed by atoms with van der Waals surface area (Å²) in [4.78, 5) is 23.7. The number of rotatable bonds is 5. The predicted octanol–water partition coefficient (Wildman–Crippen LogP) is 1.65. The zero-order chi connectivity index (χ0) is 14.7. The molecule has 20 heavy (non-hydrogen) atoms. The van der Waals surface area contributed by atoms with Gasteiger partial charge in [0.25, 0.3) is 0 Å². The first-order valence-electron chi connectivity index (χ1n) is 7.10. The van der Waals surface area contributed by atoms with Crippen molar-refractivity contribution in [3.63, 3.8) is 0 Å². The first-order valence-corrected chi connectivity index (χ1v) is 7.91. The lowest BCUT2D eigenvalue weighted by Crippen LogP contribution is -2.42. The van der Waals surface area contributed by atoms with E-state index in [0.29, 0.717) is 0 Å². The number of carbonyl (C=O) groups is 1. The van der Waals surface area contributed by atoms with Crippen molar-refractivity contribution < 1.29 is 4.79 Å². The van der Waals surface area contributed by atoms with Crippen LogP contribution in [0.25, 0.3) is 0 Å². The molecule has 0 N–H and O–H groups in total. The quantitative estimate of drug-likeness (QED) is 0.828. The molecule has 1 atom stereocenters. The molecule has 0 saturated carbocycles. The van der Waals surface area contributed by atoms with E-state index < -0.39 is 0 Å². The van der Waals surface area contributed by atoms with Gasteiger partial charge in [0.2, 0.25) is 5.91 Å². The number of aromatic nitrogens is 1. The van der Waals surface area contributed by atoms with E-state index in [1.54, 1.807) is 30.3 Å². The van der Waals surface area contributed by atoms with Crippen LogP contribution in [0.2, 0.25) is 0 Å². The van der Waals surface area contributed by atoms with Crippen LogP contribution < -0.4 is 4.90 Å². The van der Waals surface area contributed by atoms with Gasteiger partial charge in [-0.3, -0.25) is 9.69 Å². The summed E-state index contributed by atoms with van der Waals surface area (Å²) in [6.07, 6.45) is 4.48. The van der Waals surface area contributed by atoms with Crippen molar-refractivity contribution in [2.24, 2.45) is 0 Å². The largest absolute Gasteiger partial charge is 0.348 e. The fraction of sp³-hybridized carbons (Fsp3) is 0.714. The molecule has 1 aromatic rings. The summed E-state index contributed by atoms with van der Waals surface area (Å²) >= 11 is 1.74. The lowest BCUT2D eigenvalue weighted by molar-refractivity contribution is -0.133.